The molecule has 0 bridgehead atoms. The first kappa shape index (κ1) is 34.7. The maximum atomic E-state index is 15.5. The van der Waals surface area contributed by atoms with Gasteiger partial charge in [0.15, 0.2) is 11.5 Å². The van der Waals surface area contributed by atoms with Gasteiger partial charge in [0.05, 0.1) is 52.5 Å². The van der Waals surface area contributed by atoms with E-state index in [-0.39, 0.29) is 54.4 Å². The number of ether oxygens (including phenoxy) is 2. The zero-order valence-corrected chi connectivity index (χ0v) is 28.7. The van der Waals surface area contributed by atoms with Gasteiger partial charge in [-0.3, -0.25) is 14.4 Å². The number of hydrogen-bond acceptors (Lipinski definition) is 9. The number of fused-ring (bicyclic) bond motifs is 3. The largest absolute Gasteiger partial charge is 0.461 e. The van der Waals surface area contributed by atoms with Crippen molar-refractivity contribution >= 4 is 29.0 Å². The minimum absolute atomic E-state index is 0.0319. The second kappa shape index (κ2) is 12.8. The number of halogens is 6. The molecule has 6 heterocycles. The van der Waals surface area contributed by atoms with Gasteiger partial charge in [-0.05, 0) is 44.4 Å². The first-order chi connectivity index (χ1) is 23.7. The summed E-state index contributed by atoms with van der Waals surface area (Å²) in [5.41, 5.74) is 4.40. The molecule has 2 aromatic heterocycles. The highest BCUT2D eigenvalue weighted by Crippen LogP contribution is 2.45. The number of anilines is 2. The Morgan fingerprint density at radius 1 is 1.22 bits per heavy atom. The average molecular weight is 725 g/mol. The monoisotopic (exact) mass is 724 g/mol. The van der Waals surface area contributed by atoms with Crippen LogP contribution in [0.2, 0.25) is 5.02 Å². The van der Waals surface area contributed by atoms with Gasteiger partial charge in [0, 0.05) is 57.7 Å². The number of amides is 1. The Bertz CT molecular complexity index is 1840. The first-order valence-electron chi connectivity index (χ1n) is 16.6. The molecule has 50 heavy (non-hydrogen) atoms. The lowest BCUT2D eigenvalue weighted by Crippen LogP contribution is -2.43. The molecule has 270 valence electrons. The second-order valence-corrected chi connectivity index (χ2v) is 14.2. The quantitative estimate of drug-likeness (QED) is 0.269. The van der Waals surface area contributed by atoms with Crippen molar-refractivity contribution in [1.29, 1.82) is 0 Å². The normalized spacial score (nSPS) is 23.7. The molecule has 0 saturated carbocycles. The fraction of sp³-hybridized carbons (Fsp3) is 0.576. The Morgan fingerprint density at radius 2 is 2.00 bits per heavy atom. The van der Waals surface area contributed by atoms with E-state index in [1.54, 1.807) is 18.8 Å². The van der Waals surface area contributed by atoms with E-state index < -0.39 is 46.6 Å². The van der Waals surface area contributed by atoms with Gasteiger partial charge in [-0.25, -0.2) is 8.78 Å². The number of aromatic nitrogens is 4. The molecule has 2 saturated heterocycles. The molecule has 7 rings (SSSR count). The zero-order chi connectivity index (χ0) is 35.7. The van der Waals surface area contributed by atoms with Crippen LogP contribution in [0.1, 0.15) is 75.9 Å². The second-order valence-electron chi connectivity index (χ2n) is 13.8. The Hall–Kier alpha value is -3.76. The van der Waals surface area contributed by atoms with Crippen LogP contribution < -0.4 is 15.4 Å². The van der Waals surface area contributed by atoms with Crippen LogP contribution >= 0.6 is 11.6 Å². The summed E-state index contributed by atoms with van der Waals surface area (Å²) in [6.07, 6.45) is -4.87. The molecule has 11 nitrogen and oxygen atoms in total. The van der Waals surface area contributed by atoms with Crippen LogP contribution in [0.25, 0.3) is 0 Å². The lowest BCUT2D eigenvalue weighted by Gasteiger charge is -2.33. The number of nitrogens with zero attached hydrogens (tertiary/aromatic N) is 7. The summed E-state index contributed by atoms with van der Waals surface area (Å²) >= 11 is 6.73. The molecule has 4 aliphatic rings. The summed E-state index contributed by atoms with van der Waals surface area (Å²) in [5.74, 6) is -1.13. The van der Waals surface area contributed by atoms with Crippen molar-refractivity contribution in [3.63, 3.8) is 0 Å². The third kappa shape index (κ3) is 6.02. The van der Waals surface area contributed by atoms with E-state index in [1.807, 2.05) is 4.90 Å². The van der Waals surface area contributed by atoms with E-state index in [1.165, 1.54) is 11.8 Å². The minimum Gasteiger partial charge on any atom is -0.461 e. The van der Waals surface area contributed by atoms with Crippen molar-refractivity contribution in [3.8, 4) is 6.01 Å². The third-order valence-electron chi connectivity index (χ3n) is 10.3. The molecule has 3 aromatic rings. The zero-order valence-electron chi connectivity index (χ0n) is 27.9. The molecule has 0 unspecified atom stereocenters. The van der Waals surface area contributed by atoms with E-state index in [2.05, 4.69) is 15.0 Å². The maximum Gasteiger partial charge on any atom is 0.417 e. The summed E-state index contributed by atoms with van der Waals surface area (Å²) in [7, 11) is 3.21. The van der Waals surface area contributed by atoms with E-state index >= 15 is 4.39 Å². The molecular formula is C33H38ClF5N8O3. The molecule has 2 N–H and O–H groups in total. The molecule has 0 spiro atoms. The van der Waals surface area contributed by atoms with Crippen molar-refractivity contribution in [2.45, 2.75) is 82.7 Å². The van der Waals surface area contributed by atoms with Gasteiger partial charge in [-0.15, -0.1) is 0 Å². The Morgan fingerprint density at radius 3 is 2.74 bits per heavy atom. The van der Waals surface area contributed by atoms with Crippen LogP contribution in [0.4, 0.5) is 33.5 Å². The summed E-state index contributed by atoms with van der Waals surface area (Å²) in [4.78, 5) is 27.7. The predicted molar refractivity (Wildman–Crippen MR) is 173 cm³/mol. The first-order valence-corrected chi connectivity index (χ1v) is 17.0. The SMILES string of the molecule is Cc1cc(N)c(F)c([C@H]2Cc3nc(OC[C@@]45CCCN4C[C@H](F)C5)nc(N4CCCn5nc(C(=O)N(C)C)c(Cl)c5C4)c3CO2)c1C(F)(F)F. The van der Waals surface area contributed by atoms with Crippen molar-refractivity contribution in [1.82, 2.24) is 29.5 Å². The molecule has 0 radical (unpaired) electrons. The fourth-order valence-electron chi connectivity index (χ4n) is 7.93. The highest BCUT2D eigenvalue weighted by atomic mass is 35.5. The number of alkyl halides is 4. The standard InChI is InChI=1S/C33H38ClF5N8O3/c1-17-10-20(40)27(36)24(25(17)33(37,38)39)23-11-21-19(15-49-23)29(42-31(41-21)50-16-32-6-4-8-46(32)13-18(35)12-32)45-7-5-9-47-22(14-45)26(34)28(43-47)30(48)44(2)3/h10,18,23H,4-9,11-16,40H2,1-3H3/t18-,23-,32+/m1/s1. The van der Waals surface area contributed by atoms with Gasteiger partial charge in [0.1, 0.15) is 18.6 Å². The summed E-state index contributed by atoms with van der Waals surface area (Å²) in [6.45, 7) is 3.36. The highest BCUT2D eigenvalue weighted by molar-refractivity contribution is 6.34. The van der Waals surface area contributed by atoms with Gasteiger partial charge >= 0.3 is 12.2 Å². The predicted octanol–water partition coefficient (Wildman–Crippen LogP) is 5.26. The van der Waals surface area contributed by atoms with E-state index in [0.29, 0.717) is 55.2 Å². The molecule has 4 aliphatic heterocycles. The van der Waals surface area contributed by atoms with Gasteiger partial charge < -0.3 is 25.0 Å². The molecule has 1 amide bonds. The number of aryl methyl sites for hydroxylation is 2. The Labute approximate surface area is 290 Å². The fourth-order valence-corrected chi connectivity index (χ4v) is 8.20. The molecule has 3 atom stereocenters. The molecule has 1 aromatic carbocycles. The van der Waals surface area contributed by atoms with Crippen molar-refractivity contribution in [3.05, 3.63) is 56.2 Å². The molecule has 2 fully saturated rings. The van der Waals surface area contributed by atoms with Crippen LogP contribution in [0.5, 0.6) is 6.01 Å². The van der Waals surface area contributed by atoms with Crippen LogP contribution in [0, 0.1) is 12.7 Å². The van der Waals surface area contributed by atoms with Gasteiger partial charge in [0.2, 0.25) is 0 Å². The van der Waals surface area contributed by atoms with E-state index in [4.69, 9.17) is 31.8 Å². The molecule has 0 aliphatic carbocycles. The minimum atomic E-state index is -4.87. The van der Waals surface area contributed by atoms with Gasteiger partial charge in [-0.1, -0.05) is 11.6 Å². The Balaban J connectivity index is 1.28. The number of rotatable bonds is 6. The van der Waals surface area contributed by atoms with Crippen molar-refractivity contribution < 1.29 is 36.2 Å². The number of carbonyl (C=O) groups is 1. The van der Waals surface area contributed by atoms with Crippen LogP contribution in [-0.2, 0) is 37.0 Å². The number of carbonyl (C=O) groups excluding carboxylic acids is 1. The number of nitrogens with two attached hydrogens (primary N) is 1. The number of nitrogen functional groups attached to an aromatic ring is 1. The van der Waals surface area contributed by atoms with E-state index in [0.717, 1.165) is 25.5 Å². The lowest BCUT2D eigenvalue weighted by molar-refractivity contribution is -0.140. The smallest absolute Gasteiger partial charge is 0.417 e. The van der Waals surface area contributed by atoms with Crippen molar-refractivity contribution in [2.75, 3.05) is 51.0 Å². The highest BCUT2D eigenvalue weighted by Gasteiger charge is 2.49. The Kier molecular flexibility index (Phi) is 8.86. The van der Waals surface area contributed by atoms with Crippen LogP contribution in [0.3, 0.4) is 0 Å². The average Bonchev–Trinajstić information content (AvgIpc) is 3.62. The summed E-state index contributed by atoms with van der Waals surface area (Å²) in [6, 6.07) is 0.934. The van der Waals surface area contributed by atoms with Gasteiger partial charge in [0.25, 0.3) is 5.91 Å². The van der Waals surface area contributed by atoms with Crippen LogP contribution in [0.15, 0.2) is 6.07 Å². The number of benzene rings is 1. The molecular weight excluding hydrogens is 687 g/mol. The van der Waals surface area contributed by atoms with Crippen LogP contribution in [-0.4, -0.2) is 87.5 Å². The third-order valence-corrected chi connectivity index (χ3v) is 10.7. The molecule has 17 heteroatoms. The van der Waals surface area contributed by atoms with E-state index in [9.17, 15) is 22.4 Å². The number of hydrogen-bond donors (Lipinski definition) is 1. The summed E-state index contributed by atoms with van der Waals surface area (Å²) < 4.78 is 87.0. The van der Waals surface area contributed by atoms with Crippen molar-refractivity contribution in [2.24, 2.45) is 0 Å². The van der Waals surface area contributed by atoms with Gasteiger partial charge in [-0.2, -0.15) is 28.2 Å². The maximum absolute atomic E-state index is 15.5. The topological polar surface area (TPSA) is 115 Å². The lowest BCUT2D eigenvalue weighted by atomic mass is 9.91. The summed E-state index contributed by atoms with van der Waals surface area (Å²) in [5, 5.41) is 4.69.